The van der Waals surface area contributed by atoms with E-state index in [1.54, 1.807) is 0 Å². The Bertz CT molecular complexity index is 542. The lowest BCUT2D eigenvalue weighted by Crippen LogP contribution is -2.43. The summed E-state index contributed by atoms with van der Waals surface area (Å²) in [6.07, 6.45) is -7.27. The summed E-state index contributed by atoms with van der Waals surface area (Å²) in [5, 5.41) is 0. The van der Waals surface area contributed by atoms with Gasteiger partial charge in [-0.25, -0.2) is 0 Å². The molecule has 124 valence electrons. The van der Waals surface area contributed by atoms with Crippen molar-refractivity contribution in [1.29, 1.82) is 0 Å². The number of rotatable bonds is 5. The van der Waals surface area contributed by atoms with Crippen molar-refractivity contribution in [2.24, 2.45) is 0 Å². The molecule has 0 aliphatic rings. The average Bonchev–Trinajstić information content (AvgIpc) is 2.36. The molecule has 0 radical (unpaired) electrons. The number of hydrogen-bond acceptors (Lipinski definition) is 3. The Morgan fingerprint density at radius 3 is 2.23 bits per heavy atom. The molecular formula is C14H15F5O3. The summed E-state index contributed by atoms with van der Waals surface area (Å²) >= 11 is 0. The third-order valence-corrected chi connectivity index (χ3v) is 3.13. The highest BCUT2D eigenvalue weighted by molar-refractivity contribution is 5.69. The minimum Gasteiger partial charge on any atom is -0.427 e. The lowest BCUT2D eigenvalue weighted by Gasteiger charge is -2.33. The molecule has 0 saturated carbocycles. The topological polar surface area (TPSA) is 35.5 Å². The van der Waals surface area contributed by atoms with Crippen LogP contribution in [0.3, 0.4) is 0 Å². The Morgan fingerprint density at radius 1 is 1.18 bits per heavy atom. The first-order valence-corrected chi connectivity index (χ1v) is 6.20. The van der Waals surface area contributed by atoms with Gasteiger partial charge in [-0.15, -0.1) is 0 Å². The number of ether oxygens (including phenoxy) is 2. The summed E-state index contributed by atoms with van der Waals surface area (Å²) < 4.78 is 73.5. The zero-order valence-corrected chi connectivity index (χ0v) is 12.1. The second-order valence-electron chi connectivity index (χ2n) is 4.94. The van der Waals surface area contributed by atoms with Crippen LogP contribution in [-0.4, -0.2) is 25.2 Å². The van der Waals surface area contributed by atoms with Crippen molar-refractivity contribution >= 4 is 5.97 Å². The predicted molar refractivity (Wildman–Crippen MR) is 67.7 cm³/mol. The van der Waals surface area contributed by atoms with E-state index in [9.17, 15) is 26.7 Å². The number of methoxy groups -OCH3 is 1. The number of halogens is 5. The maximum Gasteiger partial charge on any atom is 0.453 e. The zero-order valence-electron chi connectivity index (χ0n) is 12.1. The molecule has 1 rings (SSSR count). The van der Waals surface area contributed by atoms with E-state index in [0.717, 1.165) is 21.0 Å². The van der Waals surface area contributed by atoms with E-state index in [1.807, 2.05) is 0 Å². The van der Waals surface area contributed by atoms with Gasteiger partial charge in [0.25, 0.3) is 0 Å². The molecule has 0 aliphatic heterocycles. The Kier molecular flexibility index (Phi) is 5.17. The van der Waals surface area contributed by atoms with Crippen LogP contribution in [0.15, 0.2) is 24.3 Å². The molecule has 0 N–H and O–H groups in total. The second-order valence-corrected chi connectivity index (χ2v) is 4.94. The van der Waals surface area contributed by atoms with Gasteiger partial charge < -0.3 is 9.47 Å². The van der Waals surface area contributed by atoms with Crippen LogP contribution in [0.1, 0.15) is 25.8 Å². The molecule has 0 bridgehead atoms. The molecule has 0 fully saturated rings. The van der Waals surface area contributed by atoms with Crippen LogP contribution in [0.25, 0.3) is 0 Å². The monoisotopic (exact) mass is 326 g/mol. The van der Waals surface area contributed by atoms with Crippen LogP contribution >= 0.6 is 0 Å². The van der Waals surface area contributed by atoms with Gasteiger partial charge in [0.15, 0.2) is 0 Å². The van der Waals surface area contributed by atoms with Crippen LogP contribution in [0.4, 0.5) is 22.0 Å². The van der Waals surface area contributed by atoms with E-state index in [4.69, 9.17) is 9.47 Å². The molecule has 0 saturated heterocycles. The van der Waals surface area contributed by atoms with E-state index in [2.05, 4.69) is 0 Å². The van der Waals surface area contributed by atoms with Gasteiger partial charge in [0, 0.05) is 14.0 Å². The van der Waals surface area contributed by atoms with E-state index in [1.165, 1.54) is 24.3 Å². The molecule has 0 aliphatic carbocycles. The Morgan fingerprint density at radius 2 is 1.77 bits per heavy atom. The van der Waals surface area contributed by atoms with Crippen molar-refractivity contribution in [3.8, 4) is 5.75 Å². The quantitative estimate of drug-likeness (QED) is 0.465. The van der Waals surface area contributed by atoms with Gasteiger partial charge in [-0.2, -0.15) is 22.0 Å². The van der Waals surface area contributed by atoms with E-state index >= 15 is 0 Å². The Balaban J connectivity index is 3.16. The fraction of sp³-hybridized carbons (Fsp3) is 0.500. The molecule has 0 heterocycles. The van der Waals surface area contributed by atoms with Gasteiger partial charge in [-0.1, -0.05) is 12.1 Å². The zero-order chi connectivity index (χ0) is 17.2. The SMILES string of the molecule is COC(C)(CC(F)(F)C(F)(F)F)c1cccc(OC(C)=O)c1. The fourth-order valence-electron chi connectivity index (χ4n) is 1.87. The number of esters is 1. The van der Waals surface area contributed by atoms with Crippen molar-refractivity contribution in [2.75, 3.05) is 7.11 Å². The normalized spacial score (nSPS) is 15.3. The standard InChI is InChI=1S/C14H15F5O3/c1-9(20)22-11-6-4-5-10(7-11)12(2,21-3)8-13(15,16)14(17,18)19/h4-7H,8H2,1-3H3. The second kappa shape index (κ2) is 6.20. The maximum atomic E-state index is 13.3. The number of carbonyl (C=O) groups excluding carboxylic acids is 1. The summed E-state index contributed by atoms with van der Waals surface area (Å²) in [5.74, 6) is -5.53. The molecule has 3 nitrogen and oxygen atoms in total. The molecular weight excluding hydrogens is 311 g/mol. The molecule has 1 unspecified atom stereocenters. The number of alkyl halides is 5. The van der Waals surface area contributed by atoms with Gasteiger partial charge in [-0.05, 0) is 24.6 Å². The first-order valence-electron chi connectivity index (χ1n) is 6.20. The van der Waals surface area contributed by atoms with Gasteiger partial charge in [0.2, 0.25) is 0 Å². The van der Waals surface area contributed by atoms with Crippen LogP contribution in [0.5, 0.6) is 5.75 Å². The maximum absolute atomic E-state index is 13.3. The Hall–Kier alpha value is -1.70. The predicted octanol–water partition coefficient (Wildman–Crippen LogP) is 4.06. The molecule has 0 spiro atoms. The Labute approximate surface area is 124 Å². The summed E-state index contributed by atoms with van der Waals surface area (Å²) in [5.41, 5.74) is -1.87. The van der Waals surface area contributed by atoms with Crippen molar-refractivity contribution in [3.63, 3.8) is 0 Å². The van der Waals surface area contributed by atoms with Crippen molar-refractivity contribution < 1.29 is 36.2 Å². The summed E-state index contributed by atoms with van der Waals surface area (Å²) in [7, 11) is 1.03. The smallest absolute Gasteiger partial charge is 0.427 e. The summed E-state index contributed by atoms with van der Waals surface area (Å²) in [6, 6.07) is 5.26. The first-order chi connectivity index (χ1) is 9.91. The third kappa shape index (κ3) is 4.16. The highest BCUT2D eigenvalue weighted by Crippen LogP contribution is 2.45. The molecule has 0 aromatic heterocycles. The van der Waals surface area contributed by atoms with E-state index in [0.29, 0.717) is 0 Å². The van der Waals surface area contributed by atoms with Crippen molar-refractivity contribution in [1.82, 2.24) is 0 Å². The van der Waals surface area contributed by atoms with Crippen molar-refractivity contribution in [3.05, 3.63) is 29.8 Å². The third-order valence-electron chi connectivity index (χ3n) is 3.13. The minimum atomic E-state index is -5.68. The number of benzene rings is 1. The van der Waals surface area contributed by atoms with Gasteiger partial charge >= 0.3 is 18.1 Å². The lowest BCUT2D eigenvalue weighted by atomic mass is 9.89. The molecule has 1 aromatic rings. The largest absolute Gasteiger partial charge is 0.453 e. The molecule has 8 heteroatoms. The fourth-order valence-corrected chi connectivity index (χ4v) is 1.87. The van der Waals surface area contributed by atoms with Gasteiger partial charge in [-0.3, -0.25) is 4.79 Å². The van der Waals surface area contributed by atoms with Crippen LogP contribution in [0, 0.1) is 0 Å². The summed E-state index contributed by atoms with van der Waals surface area (Å²) in [6.45, 7) is 2.25. The number of carbonyl (C=O) groups is 1. The van der Waals surface area contributed by atoms with Gasteiger partial charge in [0.05, 0.1) is 12.0 Å². The van der Waals surface area contributed by atoms with Crippen LogP contribution < -0.4 is 4.74 Å². The first kappa shape index (κ1) is 18.3. The molecule has 1 aromatic carbocycles. The molecule has 1 atom stereocenters. The van der Waals surface area contributed by atoms with Gasteiger partial charge in [0.1, 0.15) is 5.75 Å². The van der Waals surface area contributed by atoms with E-state index < -0.39 is 30.1 Å². The highest BCUT2D eigenvalue weighted by atomic mass is 19.4. The average molecular weight is 326 g/mol. The van der Waals surface area contributed by atoms with Crippen LogP contribution in [0.2, 0.25) is 0 Å². The highest BCUT2D eigenvalue weighted by Gasteiger charge is 2.60. The van der Waals surface area contributed by atoms with Crippen molar-refractivity contribution in [2.45, 2.75) is 38.0 Å². The summed E-state index contributed by atoms with van der Waals surface area (Å²) in [4.78, 5) is 10.9. The van der Waals surface area contributed by atoms with Crippen LogP contribution in [-0.2, 0) is 15.1 Å². The molecule has 0 amide bonds. The molecule has 22 heavy (non-hydrogen) atoms. The van der Waals surface area contributed by atoms with E-state index in [-0.39, 0.29) is 11.3 Å². The number of hydrogen-bond donors (Lipinski definition) is 0. The minimum absolute atomic E-state index is 0.0311. The lowest BCUT2D eigenvalue weighted by molar-refractivity contribution is -0.298.